The van der Waals surface area contributed by atoms with E-state index < -0.39 is 27.9 Å². The third-order valence-corrected chi connectivity index (χ3v) is 7.21. The minimum atomic E-state index is -3.83. The number of hydrogen-bond donors (Lipinski definition) is 1. The fraction of sp³-hybridized carbons (Fsp3) is 0.222. The number of aryl methyl sites for hydroxylation is 1. The first-order valence-corrected chi connectivity index (χ1v) is 13.1. The number of hydrogen-bond acceptors (Lipinski definition) is 6. The van der Waals surface area contributed by atoms with Crippen LogP contribution in [-0.2, 0) is 26.0 Å². The van der Waals surface area contributed by atoms with Crippen LogP contribution in [0.4, 0.5) is 5.69 Å². The standard InChI is InChI=1S/C27H27N3O6S/c1-18-3-9-21(10-4-18)30-25(31)17-24(27(30)33)29(26(32)20-7-11-22(36-2)12-8-20)16-15-19-5-13-23(14-6-19)37(28,34)35/h3-14,24H,15-17H2,1-2H3,(H2,28,34,35). The summed E-state index contributed by atoms with van der Waals surface area (Å²) in [6, 6.07) is 18.6. The maximum Gasteiger partial charge on any atom is 0.257 e. The van der Waals surface area contributed by atoms with Crippen LogP contribution in [0.25, 0.3) is 0 Å². The molecule has 1 heterocycles. The minimum Gasteiger partial charge on any atom is -0.497 e. The van der Waals surface area contributed by atoms with E-state index in [4.69, 9.17) is 9.88 Å². The van der Waals surface area contributed by atoms with Gasteiger partial charge in [0, 0.05) is 12.1 Å². The lowest BCUT2D eigenvalue weighted by Crippen LogP contribution is -2.46. The molecule has 1 aliphatic rings. The monoisotopic (exact) mass is 521 g/mol. The molecule has 3 amide bonds. The van der Waals surface area contributed by atoms with Gasteiger partial charge in [-0.15, -0.1) is 0 Å². The number of benzene rings is 3. The molecular weight excluding hydrogens is 494 g/mol. The highest BCUT2D eigenvalue weighted by molar-refractivity contribution is 7.89. The van der Waals surface area contributed by atoms with Crippen molar-refractivity contribution in [2.24, 2.45) is 5.14 Å². The molecule has 37 heavy (non-hydrogen) atoms. The molecule has 0 aliphatic carbocycles. The molecular formula is C27H27N3O6S. The summed E-state index contributed by atoms with van der Waals surface area (Å²) in [5, 5.41) is 5.17. The average molecular weight is 522 g/mol. The Kier molecular flexibility index (Phi) is 7.42. The van der Waals surface area contributed by atoms with Crippen molar-refractivity contribution < 1.29 is 27.5 Å². The fourth-order valence-electron chi connectivity index (χ4n) is 4.22. The zero-order valence-corrected chi connectivity index (χ0v) is 21.3. The number of methoxy groups -OCH3 is 1. The number of carbonyl (C=O) groups is 3. The molecule has 0 radical (unpaired) electrons. The summed E-state index contributed by atoms with van der Waals surface area (Å²) in [6.45, 7) is 2.04. The summed E-state index contributed by atoms with van der Waals surface area (Å²) in [5.41, 5.74) is 2.54. The van der Waals surface area contributed by atoms with Gasteiger partial charge in [0.1, 0.15) is 11.8 Å². The Labute approximate surface area is 215 Å². The van der Waals surface area contributed by atoms with Crippen molar-refractivity contribution in [2.75, 3.05) is 18.6 Å². The molecule has 1 aliphatic heterocycles. The Morgan fingerprint density at radius 1 is 1.00 bits per heavy atom. The largest absolute Gasteiger partial charge is 0.497 e. The van der Waals surface area contributed by atoms with Gasteiger partial charge in [0.05, 0.1) is 24.1 Å². The molecule has 10 heteroatoms. The van der Waals surface area contributed by atoms with Crippen LogP contribution in [0.3, 0.4) is 0 Å². The summed E-state index contributed by atoms with van der Waals surface area (Å²) in [4.78, 5) is 42.5. The van der Waals surface area contributed by atoms with Crippen LogP contribution in [0.15, 0.2) is 77.7 Å². The van der Waals surface area contributed by atoms with Gasteiger partial charge in [0.15, 0.2) is 0 Å². The van der Waals surface area contributed by atoms with E-state index in [2.05, 4.69) is 0 Å². The minimum absolute atomic E-state index is 0.0206. The van der Waals surface area contributed by atoms with E-state index in [0.717, 1.165) is 16.0 Å². The Bertz CT molecular complexity index is 1420. The van der Waals surface area contributed by atoms with E-state index in [0.29, 0.717) is 23.4 Å². The third kappa shape index (κ3) is 5.71. The van der Waals surface area contributed by atoms with E-state index >= 15 is 0 Å². The molecule has 0 aromatic heterocycles. The number of nitrogens with two attached hydrogens (primary N) is 1. The van der Waals surface area contributed by atoms with Gasteiger partial charge in [0.25, 0.3) is 11.8 Å². The summed E-state index contributed by atoms with van der Waals surface area (Å²) in [6.07, 6.45) is 0.189. The highest BCUT2D eigenvalue weighted by Gasteiger charge is 2.44. The predicted molar refractivity (Wildman–Crippen MR) is 138 cm³/mol. The van der Waals surface area contributed by atoms with E-state index in [1.54, 1.807) is 48.5 Å². The van der Waals surface area contributed by atoms with E-state index in [1.165, 1.54) is 24.1 Å². The lowest BCUT2D eigenvalue weighted by atomic mass is 10.1. The second-order valence-electron chi connectivity index (χ2n) is 8.79. The molecule has 3 aromatic carbocycles. The zero-order valence-electron chi connectivity index (χ0n) is 20.5. The summed E-state index contributed by atoms with van der Waals surface area (Å²) in [5.74, 6) is -0.680. The van der Waals surface area contributed by atoms with Crippen molar-refractivity contribution in [1.82, 2.24) is 4.90 Å². The first-order valence-electron chi connectivity index (χ1n) is 11.6. The fourth-order valence-corrected chi connectivity index (χ4v) is 4.73. The molecule has 2 N–H and O–H groups in total. The Hall–Kier alpha value is -4.02. The van der Waals surface area contributed by atoms with Crippen LogP contribution >= 0.6 is 0 Å². The average Bonchev–Trinajstić information content (AvgIpc) is 3.17. The van der Waals surface area contributed by atoms with E-state index in [9.17, 15) is 22.8 Å². The Morgan fingerprint density at radius 2 is 1.62 bits per heavy atom. The number of carbonyl (C=O) groups excluding carboxylic acids is 3. The van der Waals surface area contributed by atoms with Gasteiger partial charge in [-0.05, 0) is 67.4 Å². The molecule has 9 nitrogen and oxygen atoms in total. The number of primary sulfonamides is 1. The van der Waals surface area contributed by atoms with Gasteiger partial charge < -0.3 is 9.64 Å². The van der Waals surface area contributed by atoms with Gasteiger partial charge in [-0.3, -0.25) is 14.4 Å². The molecule has 3 aromatic rings. The van der Waals surface area contributed by atoms with Gasteiger partial charge in [0.2, 0.25) is 15.9 Å². The van der Waals surface area contributed by atoms with Gasteiger partial charge in [-0.2, -0.15) is 0 Å². The Morgan fingerprint density at radius 3 is 2.19 bits per heavy atom. The second-order valence-corrected chi connectivity index (χ2v) is 10.4. The maximum atomic E-state index is 13.6. The van der Waals surface area contributed by atoms with Crippen LogP contribution in [0.5, 0.6) is 5.75 Å². The molecule has 0 saturated carbocycles. The highest BCUT2D eigenvalue weighted by atomic mass is 32.2. The van der Waals surface area contributed by atoms with Crippen molar-refractivity contribution in [2.45, 2.75) is 30.7 Å². The molecule has 1 fully saturated rings. The molecule has 0 bridgehead atoms. The predicted octanol–water partition coefficient (Wildman–Crippen LogP) is 2.67. The van der Waals surface area contributed by atoms with E-state index in [1.807, 2.05) is 19.1 Å². The maximum absolute atomic E-state index is 13.6. The number of ether oxygens (including phenoxy) is 1. The second kappa shape index (κ2) is 10.5. The molecule has 1 atom stereocenters. The molecule has 4 rings (SSSR count). The first-order chi connectivity index (χ1) is 17.6. The van der Waals surface area contributed by atoms with E-state index in [-0.39, 0.29) is 23.8 Å². The van der Waals surface area contributed by atoms with Crippen LogP contribution < -0.4 is 14.8 Å². The van der Waals surface area contributed by atoms with Gasteiger partial charge >= 0.3 is 0 Å². The van der Waals surface area contributed by atoms with Crippen molar-refractivity contribution in [3.63, 3.8) is 0 Å². The molecule has 1 unspecified atom stereocenters. The van der Waals surface area contributed by atoms with Crippen LogP contribution in [0.1, 0.15) is 27.9 Å². The van der Waals surface area contributed by atoms with Gasteiger partial charge in [-0.1, -0.05) is 29.8 Å². The lowest BCUT2D eigenvalue weighted by molar-refractivity contribution is -0.122. The van der Waals surface area contributed by atoms with Crippen molar-refractivity contribution in [1.29, 1.82) is 0 Å². The van der Waals surface area contributed by atoms with Gasteiger partial charge in [-0.25, -0.2) is 18.5 Å². The summed E-state index contributed by atoms with van der Waals surface area (Å²) in [7, 11) is -2.31. The highest BCUT2D eigenvalue weighted by Crippen LogP contribution is 2.27. The molecule has 192 valence electrons. The number of sulfonamides is 1. The lowest BCUT2D eigenvalue weighted by Gasteiger charge is -2.28. The molecule has 0 spiro atoms. The third-order valence-electron chi connectivity index (χ3n) is 6.28. The normalized spacial score (nSPS) is 15.6. The van der Waals surface area contributed by atoms with Crippen molar-refractivity contribution in [3.8, 4) is 5.75 Å². The van der Waals surface area contributed by atoms with Crippen LogP contribution in [0.2, 0.25) is 0 Å². The first kappa shape index (κ1) is 26.1. The summed E-state index contributed by atoms with van der Waals surface area (Å²) < 4.78 is 28.3. The number of rotatable bonds is 8. The number of amides is 3. The number of imide groups is 1. The summed E-state index contributed by atoms with van der Waals surface area (Å²) >= 11 is 0. The smallest absolute Gasteiger partial charge is 0.257 e. The van der Waals surface area contributed by atoms with Crippen molar-refractivity contribution in [3.05, 3.63) is 89.5 Å². The topological polar surface area (TPSA) is 127 Å². The SMILES string of the molecule is COc1ccc(C(=O)N(CCc2ccc(S(N)(=O)=O)cc2)C2CC(=O)N(c3ccc(C)cc3)C2=O)cc1. The quantitative estimate of drug-likeness (QED) is 0.454. The van der Waals surface area contributed by atoms with Crippen LogP contribution in [-0.4, -0.2) is 50.7 Å². The Balaban J connectivity index is 1.62. The zero-order chi connectivity index (χ0) is 26.7. The number of nitrogens with zero attached hydrogens (tertiary/aromatic N) is 2. The number of anilines is 1. The van der Waals surface area contributed by atoms with Crippen LogP contribution in [0, 0.1) is 6.92 Å². The van der Waals surface area contributed by atoms with Crippen molar-refractivity contribution >= 4 is 33.4 Å². The molecule has 1 saturated heterocycles.